The topological polar surface area (TPSA) is 17.1 Å². The van der Waals surface area contributed by atoms with Crippen LogP contribution < -0.4 is 0 Å². The Balaban J connectivity index is 0.000000806. The third-order valence-corrected chi connectivity index (χ3v) is 5.32. The summed E-state index contributed by atoms with van der Waals surface area (Å²) >= 11 is 0. The maximum absolute atomic E-state index is 13.4. The lowest BCUT2D eigenvalue weighted by atomic mass is 9.91. The highest BCUT2D eigenvalue weighted by molar-refractivity contribution is 6.17. The van der Waals surface area contributed by atoms with Crippen molar-refractivity contribution in [1.29, 1.82) is 0 Å². The zero-order valence-corrected chi connectivity index (χ0v) is 18.6. The first-order valence-corrected chi connectivity index (χ1v) is 10.7. The van der Waals surface area contributed by atoms with Crippen LogP contribution in [0.1, 0.15) is 52.9 Å². The zero-order chi connectivity index (χ0) is 21.7. The van der Waals surface area contributed by atoms with E-state index in [1.54, 1.807) is 0 Å². The summed E-state index contributed by atoms with van der Waals surface area (Å²) in [5.74, 6) is 0.0704. The second-order valence-electron chi connectivity index (χ2n) is 7.86. The summed E-state index contributed by atoms with van der Waals surface area (Å²) in [4.78, 5) is 13.4. The molecular formula is C29H30O. The maximum Gasteiger partial charge on any atom is 0.193 e. The van der Waals surface area contributed by atoms with Crippen LogP contribution in [0.4, 0.5) is 0 Å². The number of carbonyl (C=O) groups is 1. The van der Waals surface area contributed by atoms with Crippen LogP contribution in [-0.4, -0.2) is 5.78 Å². The van der Waals surface area contributed by atoms with Crippen LogP contribution in [-0.2, 0) is 0 Å². The smallest absolute Gasteiger partial charge is 0.193 e. The number of aryl methyl sites for hydroxylation is 3. The molecule has 1 heteroatoms. The average molecular weight is 395 g/mol. The lowest BCUT2D eigenvalue weighted by molar-refractivity contribution is 0.104. The Morgan fingerprint density at radius 3 is 1.90 bits per heavy atom. The number of carbonyl (C=O) groups excluding carboxylic acids is 1. The minimum atomic E-state index is 0.0704. The van der Waals surface area contributed by atoms with Gasteiger partial charge in [0.2, 0.25) is 0 Å². The quantitative estimate of drug-likeness (QED) is 0.321. The van der Waals surface area contributed by atoms with E-state index in [2.05, 4.69) is 52.8 Å². The van der Waals surface area contributed by atoms with Gasteiger partial charge in [0.15, 0.2) is 5.78 Å². The molecule has 4 rings (SSSR count). The van der Waals surface area contributed by atoms with Crippen LogP contribution in [0.2, 0.25) is 0 Å². The molecule has 1 nitrogen and oxygen atoms in total. The van der Waals surface area contributed by atoms with Crippen LogP contribution in [0.15, 0.2) is 78.9 Å². The Morgan fingerprint density at radius 2 is 1.20 bits per heavy atom. The van der Waals surface area contributed by atoms with E-state index in [4.69, 9.17) is 0 Å². The lowest BCUT2D eigenvalue weighted by Crippen LogP contribution is -2.03. The van der Waals surface area contributed by atoms with Crippen LogP contribution in [0.25, 0.3) is 21.9 Å². The van der Waals surface area contributed by atoms with Crippen molar-refractivity contribution in [3.05, 3.63) is 107 Å². The molecule has 0 saturated carbocycles. The van der Waals surface area contributed by atoms with E-state index >= 15 is 0 Å². The molecule has 0 heterocycles. The van der Waals surface area contributed by atoms with E-state index in [0.717, 1.165) is 27.5 Å². The Hall–Kier alpha value is -3.19. The van der Waals surface area contributed by atoms with E-state index in [0.29, 0.717) is 0 Å². The first-order valence-electron chi connectivity index (χ1n) is 10.7. The highest BCUT2D eigenvalue weighted by atomic mass is 16.1. The summed E-state index contributed by atoms with van der Waals surface area (Å²) < 4.78 is 0. The summed E-state index contributed by atoms with van der Waals surface area (Å²) in [6.07, 6.45) is 1.25. The van der Waals surface area contributed by atoms with Gasteiger partial charge in [-0.15, -0.1) is 0 Å². The molecule has 0 fully saturated rings. The van der Waals surface area contributed by atoms with Crippen LogP contribution in [0.3, 0.4) is 0 Å². The van der Waals surface area contributed by atoms with Gasteiger partial charge >= 0.3 is 0 Å². The summed E-state index contributed by atoms with van der Waals surface area (Å²) in [6, 6.07) is 26.4. The summed E-state index contributed by atoms with van der Waals surface area (Å²) in [7, 11) is 0. The molecule has 0 unspecified atom stereocenters. The van der Waals surface area contributed by atoms with Crippen molar-refractivity contribution < 1.29 is 4.79 Å². The second-order valence-corrected chi connectivity index (χ2v) is 7.86. The molecule has 0 atom stereocenters. The van der Waals surface area contributed by atoms with E-state index in [9.17, 15) is 4.79 Å². The summed E-state index contributed by atoms with van der Waals surface area (Å²) in [6.45, 7) is 10.5. The molecule has 4 aromatic rings. The van der Waals surface area contributed by atoms with Gasteiger partial charge in [-0.05, 0) is 65.4 Å². The van der Waals surface area contributed by atoms with Gasteiger partial charge in [0.05, 0.1) is 0 Å². The van der Waals surface area contributed by atoms with E-state index in [-0.39, 0.29) is 5.78 Å². The van der Waals surface area contributed by atoms with Crippen molar-refractivity contribution in [3.63, 3.8) is 0 Å². The van der Waals surface area contributed by atoms with Crippen LogP contribution in [0.5, 0.6) is 0 Å². The van der Waals surface area contributed by atoms with Crippen molar-refractivity contribution in [2.45, 2.75) is 41.0 Å². The third-order valence-electron chi connectivity index (χ3n) is 5.32. The summed E-state index contributed by atoms with van der Waals surface area (Å²) in [5, 5.41) is 2.15. The number of hydrogen-bond acceptors (Lipinski definition) is 1. The second kappa shape index (κ2) is 9.54. The monoisotopic (exact) mass is 394 g/mol. The molecule has 0 N–H and O–H groups in total. The molecule has 0 spiro atoms. The van der Waals surface area contributed by atoms with Gasteiger partial charge in [-0.25, -0.2) is 0 Å². The van der Waals surface area contributed by atoms with Crippen molar-refractivity contribution in [1.82, 2.24) is 0 Å². The molecule has 0 aromatic heterocycles. The lowest BCUT2D eigenvalue weighted by Gasteiger charge is -2.13. The molecular weight excluding hydrogens is 364 g/mol. The largest absolute Gasteiger partial charge is 0.289 e. The first-order chi connectivity index (χ1) is 14.5. The van der Waals surface area contributed by atoms with Crippen molar-refractivity contribution in [3.8, 4) is 11.1 Å². The zero-order valence-electron chi connectivity index (χ0n) is 18.6. The van der Waals surface area contributed by atoms with Crippen LogP contribution >= 0.6 is 0 Å². The number of fused-ring (bicyclic) bond motifs is 1. The van der Waals surface area contributed by atoms with Gasteiger partial charge in [0.25, 0.3) is 0 Å². The average Bonchev–Trinajstić information content (AvgIpc) is 2.75. The van der Waals surface area contributed by atoms with Gasteiger partial charge in [0, 0.05) is 11.1 Å². The molecule has 30 heavy (non-hydrogen) atoms. The van der Waals surface area contributed by atoms with E-state index in [1.807, 2.05) is 60.7 Å². The molecule has 0 aliphatic heterocycles. The molecule has 0 saturated heterocycles. The van der Waals surface area contributed by atoms with Gasteiger partial charge < -0.3 is 0 Å². The molecule has 0 radical (unpaired) electrons. The normalized spacial score (nSPS) is 10.4. The first kappa shape index (κ1) is 21.5. The summed E-state index contributed by atoms with van der Waals surface area (Å²) in [5.41, 5.74) is 7.37. The van der Waals surface area contributed by atoms with Gasteiger partial charge in [-0.2, -0.15) is 0 Å². The fourth-order valence-electron chi connectivity index (χ4n) is 3.73. The van der Waals surface area contributed by atoms with Crippen molar-refractivity contribution >= 4 is 16.6 Å². The Kier molecular flexibility index (Phi) is 6.84. The molecule has 152 valence electrons. The Bertz CT molecular complexity index is 1180. The van der Waals surface area contributed by atoms with Crippen LogP contribution in [0, 0.1) is 20.8 Å². The number of rotatable bonds is 3. The molecule has 0 aliphatic rings. The van der Waals surface area contributed by atoms with Gasteiger partial charge in [-0.3, -0.25) is 4.79 Å². The van der Waals surface area contributed by atoms with Crippen molar-refractivity contribution in [2.24, 2.45) is 0 Å². The fourth-order valence-corrected chi connectivity index (χ4v) is 3.73. The van der Waals surface area contributed by atoms with Gasteiger partial charge in [-0.1, -0.05) is 93.1 Å². The van der Waals surface area contributed by atoms with Crippen molar-refractivity contribution in [2.75, 3.05) is 0 Å². The highest BCUT2D eigenvalue weighted by Crippen LogP contribution is 2.30. The maximum atomic E-state index is 13.4. The standard InChI is InChI=1S/C26H22O.C3H8/c1-17-8-4-5-10-22(17)25-16-20(14-12-19(25)3)26(27)24-15-13-18(2)21-9-6-7-11-23(21)24;1-3-2/h4-16H,1-3H3;3H2,1-2H3. The third kappa shape index (κ3) is 4.36. The van der Waals surface area contributed by atoms with E-state index in [1.165, 1.54) is 28.7 Å². The molecule has 4 aromatic carbocycles. The number of hydrogen-bond donors (Lipinski definition) is 0. The molecule has 0 bridgehead atoms. The minimum Gasteiger partial charge on any atom is -0.289 e. The number of ketones is 1. The number of benzene rings is 4. The minimum absolute atomic E-state index is 0.0704. The Morgan fingerprint density at radius 1 is 0.633 bits per heavy atom. The fraction of sp³-hybridized carbons (Fsp3) is 0.207. The van der Waals surface area contributed by atoms with Gasteiger partial charge in [0.1, 0.15) is 0 Å². The molecule has 0 amide bonds. The van der Waals surface area contributed by atoms with E-state index < -0.39 is 0 Å². The molecule has 0 aliphatic carbocycles. The Labute approximate surface area is 180 Å². The predicted molar refractivity (Wildman–Crippen MR) is 129 cm³/mol. The highest BCUT2D eigenvalue weighted by Gasteiger charge is 2.15. The SMILES string of the molecule is CCC.Cc1ccccc1-c1cc(C(=O)c2ccc(C)c3ccccc23)ccc1C. The predicted octanol–water partition coefficient (Wildman–Crippen LogP) is 8.08.